The van der Waals surface area contributed by atoms with Crippen LogP contribution in [0.3, 0.4) is 0 Å². The third kappa shape index (κ3) is 8.53. The van der Waals surface area contributed by atoms with E-state index in [1.807, 2.05) is 49.4 Å². The molecule has 2 heterocycles. The Morgan fingerprint density at radius 3 is 2.63 bits per heavy atom. The fraction of sp³-hybridized carbons (Fsp3) is 0.303. The molecule has 1 aliphatic rings. The van der Waals surface area contributed by atoms with E-state index in [-0.39, 0.29) is 17.4 Å². The van der Waals surface area contributed by atoms with Crippen LogP contribution < -0.4 is 15.0 Å². The molecule has 0 spiro atoms. The first-order valence-corrected chi connectivity index (χ1v) is 15.9. The number of carbonyl (C=O) groups excluding carboxylic acids is 2. The van der Waals surface area contributed by atoms with Gasteiger partial charge in [0, 0.05) is 12.1 Å². The smallest absolute Gasteiger partial charge is 0.406 e. The van der Waals surface area contributed by atoms with Crippen LogP contribution in [0, 0.1) is 6.92 Å². The highest BCUT2D eigenvalue weighted by molar-refractivity contribution is 8.15. The van der Waals surface area contributed by atoms with E-state index in [9.17, 15) is 22.8 Å². The Balaban J connectivity index is 1.12. The van der Waals surface area contributed by atoms with Crippen LogP contribution >= 0.6 is 11.8 Å². The number of aliphatic imine (C=N–C) groups is 1. The molecule has 4 aromatic rings. The molecule has 46 heavy (non-hydrogen) atoms. The summed E-state index contributed by atoms with van der Waals surface area (Å²) in [5.41, 5.74) is 5.30. The number of aryl methyl sites for hydroxylation is 3. The van der Waals surface area contributed by atoms with Crippen molar-refractivity contribution in [3.63, 3.8) is 0 Å². The average Bonchev–Trinajstić information content (AvgIpc) is 3.65. The van der Waals surface area contributed by atoms with Gasteiger partial charge >= 0.3 is 12.4 Å². The highest BCUT2D eigenvalue weighted by Crippen LogP contribution is 2.31. The molecule has 5 rings (SSSR count). The summed E-state index contributed by atoms with van der Waals surface area (Å²) in [5.74, 6) is 0.326. The van der Waals surface area contributed by atoms with Crippen molar-refractivity contribution in [2.45, 2.75) is 52.3 Å². The molecule has 0 aliphatic carbocycles. The van der Waals surface area contributed by atoms with E-state index in [2.05, 4.69) is 32.1 Å². The van der Waals surface area contributed by atoms with E-state index in [1.165, 1.54) is 47.0 Å². The standard InChI is InChI=1S/C33H33F3N6O3S/c1-3-7-24-12-11-22(2)18-28(24)42-29(43)20-46-32(42)39-31(44)37-17-5-4-8-23-9-6-10-25(19-23)30-38-21-41(40-30)26-13-15-27(16-14-26)45-33(34,35)36/h6,9-16,18-19,21H,3-5,7-8,17,20H2,1-2H3,(H,37,44)/b39-32-. The van der Waals surface area contributed by atoms with Gasteiger partial charge in [0.25, 0.3) is 0 Å². The number of halogens is 3. The molecule has 1 aromatic heterocycles. The minimum atomic E-state index is -4.75. The van der Waals surface area contributed by atoms with Gasteiger partial charge in [-0.2, -0.15) is 4.99 Å². The molecule has 13 heteroatoms. The van der Waals surface area contributed by atoms with Crippen molar-refractivity contribution in [1.29, 1.82) is 0 Å². The van der Waals surface area contributed by atoms with Crippen molar-refractivity contribution in [2.24, 2.45) is 4.99 Å². The Labute approximate surface area is 268 Å². The van der Waals surface area contributed by atoms with E-state index in [0.717, 1.165) is 60.0 Å². The number of benzene rings is 3. The molecule has 3 amide bonds. The van der Waals surface area contributed by atoms with Gasteiger partial charge in [-0.05, 0) is 85.7 Å². The van der Waals surface area contributed by atoms with Crippen LogP contribution in [-0.2, 0) is 17.6 Å². The SMILES string of the molecule is CCCc1ccc(C)cc1N1C(=O)CS/C1=N\C(=O)NCCCCc1cccc(-c2ncn(-c3ccc(OC(F)(F)F)cc3)n2)c1. The van der Waals surface area contributed by atoms with Crippen molar-refractivity contribution in [2.75, 3.05) is 17.2 Å². The summed E-state index contributed by atoms with van der Waals surface area (Å²) in [6.45, 7) is 4.51. The third-order valence-electron chi connectivity index (χ3n) is 7.14. The topological polar surface area (TPSA) is 102 Å². The van der Waals surface area contributed by atoms with Gasteiger partial charge in [0.05, 0.1) is 17.1 Å². The van der Waals surface area contributed by atoms with Crippen LogP contribution in [0.5, 0.6) is 5.75 Å². The minimum Gasteiger partial charge on any atom is -0.406 e. The van der Waals surface area contributed by atoms with Gasteiger partial charge in [0.1, 0.15) is 12.1 Å². The summed E-state index contributed by atoms with van der Waals surface area (Å²) >= 11 is 1.27. The second-order valence-corrected chi connectivity index (χ2v) is 11.7. The molecule has 1 fully saturated rings. The first-order valence-electron chi connectivity index (χ1n) is 14.9. The van der Waals surface area contributed by atoms with Gasteiger partial charge < -0.3 is 10.1 Å². The average molecular weight is 651 g/mol. The third-order valence-corrected chi connectivity index (χ3v) is 8.07. The molecule has 0 saturated carbocycles. The van der Waals surface area contributed by atoms with Gasteiger partial charge in [-0.15, -0.1) is 18.3 Å². The van der Waals surface area contributed by atoms with Gasteiger partial charge in [0.2, 0.25) is 5.91 Å². The van der Waals surface area contributed by atoms with E-state index in [0.29, 0.717) is 23.2 Å². The Morgan fingerprint density at radius 1 is 1.07 bits per heavy atom. The minimum absolute atomic E-state index is 0.0858. The van der Waals surface area contributed by atoms with E-state index >= 15 is 0 Å². The summed E-state index contributed by atoms with van der Waals surface area (Å²) in [7, 11) is 0. The Bertz CT molecular complexity index is 1720. The number of hydrogen-bond acceptors (Lipinski definition) is 6. The number of alkyl halides is 3. The number of rotatable bonds is 11. The maximum absolute atomic E-state index is 12.7. The molecule has 0 unspecified atom stereocenters. The molecule has 1 aliphatic heterocycles. The summed E-state index contributed by atoms with van der Waals surface area (Å²) in [6, 6.07) is 18.7. The van der Waals surface area contributed by atoms with Gasteiger partial charge in [-0.1, -0.05) is 55.4 Å². The first kappa shape index (κ1) is 32.7. The lowest BCUT2D eigenvalue weighted by atomic mass is 10.0. The molecule has 1 N–H and O–H groups in total. The van der Waals surface area contributed by atoms with Crippen molar-refractivity contribution < 1.29 is 27.5 Å². The second kappa shape index (κ2) is 14.6. The van der Waals surface area contributed by atoms with E-state index in [4.69, 9.17) is 0 Å². The van der Waals surface area contributed by atoms with Crippen LogP contribution in [0.25, 0.3) is 17.1 Å². The molecular weight excluding hydrogens is 617 g/mol. The first-order chi connectivity index (χ1) is 22.1. The summed E-state index contributed by atoms with van der Waals surface area (Å²) < 4.78 is 42.7. The quantitative estimate of drug-likeness (QED) is 0.172. The van der Waals surface area contributed by atoms with Crippen molar-refractivity contribution >= 4 is 34.6 Å². The zero-order chi connectivity index (χ0) is 32.7. The number of ether oxygens (including phenoxy) is 1. The molecule has 0 bridgehead atoms. The molecule has 1 saturated heterocycles. The van der Waals surface area contributed by atoms with Crippen molar-refractivity contribution in [3.8, 4) is 22.8 Å². The lowest BCUT2D eigenvalue weighted by Crippen LogP contribution is -2.32. The Kier molecular flexibility index (Phi) is 10.4. The number of unbranched alkanes of at least 4 members (excludes halogenated alkanes) is 1. The summed E-state index contributed by atoms with van der Waals surface area (Å²) in [5, 5.41) is 7.71. The van der Waals surface area contributed by atoms with Crippen molar-refractivity contribution in [1.82, 2.24) is 20.1 Å². The fourth-order valence-electron chi connectivity index (χ4n) is 5.01. The fourth-order valence-corrected chi connectivity index (χ4v) is 5.86. The predicted molar refractivity (Wildman–Crippen MR) is 172 cm³/mol. The maximum atomic E-state index is 12.7. The number of hydrogen-bond donors (Lipinski definition) is 1. The molecule has 3 aromatic carbocycles. The number of urea groups is 1. The zero-order valence-corrected chi connectivity index (χ0v) is 26.2. The molecule has 9 nitrogen and oxygen atoms in total. The predicted octanol–water partition coefficient (Wildman–Crippen LogP) is 7.26. The zero-order valence-electron chi connectivity index (χ0n) is 25.4. The largest absolute Gasteiger partial charge is 0.573 e. The Hall–Kier alpha value is -4.65. The summed E-state index contributed by atoms with van der Waals surface area (Å²) in [6.07, 6.45) is 0.829. The highest BCUT2D eigenvalue weighted by atomic mass is 32.2. The lowest BCUT2D eigenvalue weighted by molar-refractivity contribution is -0.274. The number of nitrogens with zero attached hydrogens (tertiary/aromatic N) is 5. The summed E-state index contributed by atoms with van der Waals surface area (Å²) in [4.78, 5) is 35.6. The number of carbonyl (C=O) groups is 2. The van der Waals surface area contributed by atoms with E-state index in [1.54, 1.807) is 4.90 Å². The normalized spacial score (nSPS) is 14.2. The molecule has 240 valence electrons. The van der Waals surface area contributed by atoms with Crippen LogP contribution in [0.1, 0.15) is 42.9 Å². The Morgan fingerprint density at radius 2 is 1.87 bits per heavy atom. The van der Waals surface area contributed by atoms with Crippen LogP contribution in [-0.4, -0.2) is 50.5 Å². The van der Waals surface area contributed by atoms with Gasteiger partial charge in [0.15, 0.2) is 11.0 Å². The maximum Gasteiger partial charge on any atom is 0.573 e. The number of amides is 3. The second-order valence-electron chi connectivity index (χ2n) is 10.7. The number of thioether (sulfide) groups is 1. The van der Waals surface area contributed by atoms with Gasteiger partial charge in [-0.25, -0.2) is 14.5 Å². The molecule has 0 radical (unpaired) electrons. The van der Waals surface area contributed by atoms with E-state index < -0.39 is 12.4 Å². The molecule has 0 atom stereocenters. The van der Waals surface area contributed by atoms with Crippen LogP contribution in [0.15, 0.2) is 78.0 Å². The van der Waals surface area contributed by atoms with Crippen LogP contribution in [0.2, 0.25) is 0 Å². The highest BCUT2D eigenvalue weighted by Gasteiger charge is 2.32. The van der Waals surface area contributed by atoms with Gasteiger partial charge in [-0.3, -0.25) is 9.69 Å². The lowest BCUT2D eigenvalue weighted by Gasteiger charge is -2.20. The number of nitrogens with one attached hydrogen (secondary N) is 1. The number of anilines is 1. The van der Waals surface area contributed by atoms with Crippen LogP contribution in [0.4, 0.5) is 23.7 Å². The van der Waals surface area contributed by atoms with Crippen molar-refractivity contribution in [3.05, 3.63) is 89.7 Å². The number of aromatic nitrogens is 3. The number of amidine groups is 1. The monoisotopic (exact) mass is 650 g/mol. The molecular formula is C33H33F3N6O3S.